The fourth-order valence-corrected chi connectivity index (χ4v) is 3.33. The van der Waals surface area contributed by atoms with Crippen LogP contribution in [0.2, 0.25) is 0 Å². The van der Waals surface area contributed by atoms with Gasteiger partial charge in [-0.05, 0) is 23.8 Å². The first-order valence-electron chi connectivity index (χ1n) is 8.83. The van der Waals surface area contributed by atoms with Crippen molar-refractivity contribution >= 4 is 28.6 Å². The number of benzene rings is 1. The maximum absolute atomic E-state index is 12.7. The molecule has 28 heavy (non-hydrogen) atoms. The fourth-order valence-electron chi connectivity index (χ4n) is 3.33. The smallest absolute Gasteiger partial charge is 0.303 e. The molecule has 1 amide bonds. The van der Waals surface area contributed by atoms with Crippen molar-refractivity contribution in [2.75, 3.05) is 0 Å². The molecule has 0 bridgehead atoms. The molecule has 9 heteroatoms. The summed E-state index contributed by atoms with van der Waals surface area (Å²) in [4.78, 5) is 32.2. The van der Waals surface area contributed by atoms with Gasteiger partial charge in [0.25, 0.3) is 0 Å². The molecule has 2 aromatic heterocycles. The van der Waals surface area contributed by atoms with Gasteiger partial charge in [-0.25, -0.2) is 5.01 Å². The van der Waals surface area contributed by atoms with E-state index in [-0.39, 0.29) is 24.8 Å². The third-order valence-electron chi connectivity index (χ3n) is 4.71. The van der Waals surface area contributed by atoms with Gasteiger partial charge in [-0.1, -0.05) is 6.07 Å². The van der Waals surface area contributed by atoms with Crippen LogP contribution in [-0.4, -0.2) is 47.5 Å². The molecule has 142 valence electrons. The second-order valence-corrected chi connectivity index (χ2v) is 6.54. The van der Waals surface area contributed by atoms with E-state index in [1.54, 1.807) is 23.3 Å². The molecule has 0 fully saturated rings. The van der Waals surface area contributed by atoms with Crippen molar-refractivity contribution < 1.29 is 14.7 Å². The SMILES string of the molecule is Cn1nccc1C1=NN(C(=O)CCC(=O)O)C(c2ccc3nccnc3c2)C1. The molecule has 9 nitrogen and oxygen atoms in total. The largest absolute Gasteiger partial charge is 0.481 e. The maximum atomic E-state index is 12.7. The van der Waals surface area contributed by atoms with E-state index in [4.69, 9.17) is 5.11 Å². The molecule has 1 aliphatic rings. The Labute approximate surface area is 160 Å². The van der Waals surface area contributed by atoms with Crippen LogP contribution in [0.15, 0.2) is 48.0 Å². The third-order valence-corrected chi connectivity index (χ3v) is 4.71. The molecule has 1 aromatic carbocycles. The highest BCUT2D eigenvalue weighted by molar-refractivity contribution is 6.02. The summed E-state index contributed by atoms with van der Waals surface area (Å²) >= 11 is 0. The van der Waals surface area contributed by atoms with E-state index < -0.39 is 5.97 Å². The molecule has 3 heterocycles. The van der Waals surface area contributed by atoms with Crippen LogP contribution in [0, 0.1) is 0 Å². The first-order valence-corrected chi connectivity index (χ1v) is 8.83. The number of rotatable bonds is 5. The van der Waals surface area contributed by atoms with Gasteiger partial charge in [-0.2, -0.15) is 10.2 Å². The Hall–Kier alpha value is -3.62. The number of hydrazone groups is 1. The van der Waals surface area contributed by atoms with Gasteiger partial charge >= 0.3 is 5.97 Å². The quantitative estimate of drug-likeness (QED) is 0.725. The number of aliphatic carboxylic acids is 1. The monoisotopic (exact) mass is 378 g/mol. The minimum absolute atomic E-state index is 0.110. The van der Waals surface area contributed by atoms with Gasteiger partial charge in [0.15, 0.2) is 0 Å². The van der Waals surface area contributed by atoms with E-state index in [0.29, 0.717) is 6.42 Å². The number of amides is 1. The number of carbonyl (C=O) groups excluding carboxylic acids is 1. The molecule has 1 unspecified atom stereocenters. The van der Waals surface area contributed by atoms with Crippen LogP contribution in [0.3, 0.4) is 0 Å². The summed E-state index contributed by atoms with van der Waals surface area (Å²) in [7, 11) is 1.81. The van der Waals surface area contributed by atoms with Gasteiger partial charge in [-0.3, -0.25) is 24.2 Å². The number of aryl methyl sites for hydroxylation is 1. The zero-order chi connectivity index (χ0) is 19.7. The molecule has 4 rings (SSSR count). The van der Waals surface area contributed by atoms with Crippen LogP contribution < -0.4 is 0 Å². The highest BCUT2D eigenvalue weighted by Crippen LogP contribution is 2.34. The molecule has 1 atom stereocenters. The molecule has 0 radical (unpaired) electrons. The highest BCUT2D eigenvalue weighted by Gasteiger charge is 2.34. The molecule has 0 saturated heterocycles. The number of carbonyl (C=O) groups is 2. The maximum Gasteiger partial charge on any atom is 0.303 e. The van der Waals surface area contributed by atoms with Crippen LogP contribution in [0.4, 0.5) is 0 Å². The normalized spacial score (nSPS) is 16.4. The summed E-state index contributed by atoms with van der Waals surface area (Å²) in [6.07, 6.45) is 5.08. The molecular weight excluding hydrogens is 360 g/mol. The Morgan fingerprint density at radius 3 is 2.61 bits per heavy atom. The van der Waals surface area contributed by atoms with Crippen LogP contribution in [-0.2, 0) is 16.6 Å². The average Bonchev–Trinajstić information content (AvgIpc) is 3.32. The first kappa shape index (κ1) is 17.8. The van der Waals surface area contributed by atoms with E-state index in [1.807, 2.05) is 31.3 Å². The van der Waals surface area contributed by atoms with Gasteiger partial charge in [0.2, 0.25) is 5.91 Å². The lowest BCUT2D eigenvalue weighted by atomic mass is 9.99. The Morgan fingerprint density at radius 2 is 1.89 bits per heavy atom. The van der Waals surface area contributed by atoms with E-state index in [2.05, 4.69) is 20.2 Å². The standard InChI is InChI=1S/C19H18N6O3/c1-24-16(6-7-22-24)15-11-17(25(23-15)18(26)4-5-19(27)28)12-2-3-13-14(10-12)21-9-8-20-13/h2-3,6-10,17H,4-5,11H2,1H3,(H,27,28). The lowest BCUT2D eigenvalue weighted by Gasteiger charge is -2.22. The predicted molar refractivity (Wildman–Crippen MR) is 100 cm³/mol. The van der Waals surface area contributed by atoms with Gasteiger partial charge < -0.3 is 5.11 Å². The van der Waals surface area contributed by atoms with Crippen LogP contribution >= 0.6 is 0 Å². The Bertz CT molecular complexity index is 1090. The van der Waals surface area contributed by atoms with Crippen LogP contribution in [0.5, 0.6) is 0 Å². The minimum atomic E-state index is -1.01. The summed E-state index contributed by atoms with van der Waals surface area (Å²) in [5.41, 5.74) is 3.91. The molecule has 1 aliphatic heterocycles. The number of nitrogens with zero attached hydrogens (tertiary/aromatic N) is 6. The minimum Gasteiger partial charge on any atom is -0.481 e. The zero-order valence-corrected chi connectivity index (χ0v) is 15.2. The number of fused-ring (bicyclic) bond motifs is 1. The van der Waals surface area contributed by atoms with E-state index in [0.717, 1.165) is 28.0 Å². The Balaban J connectivity index is 1.69. The first-order chi connectivity index (χ1) is 13.5. The van der Waals surface area contributed by atoms with Gasteiger partial charge in [-0.15, -0.1) is 0 Å². The van der Waals surface area contributed by atoms with Gasteiger partial charge in [0, 0.05) is 38.5 Å². The van der Waals surface area contributed by atoms with Crippen molar-refractivity contribution in [3.8, 4) is 0 Å². The number of carboxylic acids is 1. The van der Waals surface area contributed by atoms with Crippen LogP contribution in [0.25, 0.3) is 11.0 Å². The average molecular weight is 378 g/mol. The Kier molecular flexibility index (Phi) is 4.56. The number of aromatic nitrogens is 4. The van der Waals surface area contributed by atoms with Crippen LogP contribution in [0.1, 0.15) is 36.6 Å². The molecule has 1 N–H and O–H groups in total. The zero-order valence-electron chi connectivity index (χ0n) is 15.2. The van der Waals surface area contributed by atoms with E-state index in [1.165, 1.54) is 5.01 Å². The lowest BCUT2D eigenvalue weighted by Crippen LogP contribution is -2.27. The van der Waals surface area contributed by atoms with Crippen molar-refractivity contribution in [3.05, 3.63) is 54.1 Å². The van der Waals surface area contributed by atoms with Crippen molar-refractivity contribution in [3.63, 3.8) is 0 Å². The second kappa shape index (κ2) is 7.18. The number of carboxylic acid groups (broad SMARTS) is 1. The van der Waals surface area contributed by atoms with E-state index in [9.17, 15) is 9.59 Å². The van der Waals surface area contributed by atoms with Crippen molar-refractivity contribution in [2.45, 2.75) is 25.3 Å². The number of hydrogen-bond acceptors (Lipinski definition) is 6. The third kappa shape index (κ3) is 3.34. The van der Waals surface area contributed by atoms with Crippen molar-refractivity contribution in [2.24, 2.45) is 12.1 Å². The fraction of sp³-hybridized carbons (Fsp3) is 0.263. The topological polar surface area (TPSA) is 114 Å². The van der Waals surface area contributed by atoms with Gasteiger partial charge in [0.1, 0.15) is 0 Å². The number of hydrogen-bond donors (Lipinski definition) is 1. The van der Waals surface area contributed by atoms with Gasteiger partial charge in [0.05, 0.1) is 34.9 Å². The summed E-state index contributed by atoms with van der Waals surface area (Å²) < 4.78 is 1.70. The second-order valence-electron chi connectivity index (χ2n) is 6.54. The van der Waals surface area contributed by atoms with Crippen molar-refractivity contribution in [1.29, 1.82) is 0 Å². The molecule has 0 spiro atoms. The summed E-state index contributed by atoms with van der Waals surface area (Å²) in [6, 6.07) is 7.16. The Morgan fingerprint density at radius 1 is 1.11 bits per heavy atom. The van der Waals surface area contributed by atoms with Crippen molar-refractivity contribution in [1.82, 2.24) is 24.8 Å². The molecule has 0 aliphatic carbocycles. The van der Waals surface area contributed by atoms with E-state index >= 15 is 0 Å². The summed E-state index contributed by atoms with van der Waals surface area (Å²) in [5.74, 6) is -1.34. The summed E-state index contributed by atoms with van der Waals surface area (Å²) in [6.45, 7) is 0. The molecular formula is C19H18N6O3. The molecule has 0 saturated carbocycles. The predicted octanol–water partition coefficient (Wildman–Crippen LogP) is 1.91. The lowest BCUT2D eigenvalue weighted by molar-refractivity contribution is -0.141. The molecule has 3 aromatic rings. The highest BCUT2D eigenvalue weighted by atomic mass is 16.4. The summed E-state index contributed by atoms with van der Waals surface area (Å²) in [5, 5.41) is 19.0.